The van der Waals surface area contributed by atoms with E-state index in [9.17, 15) is 14.7 Å². The summed E-state index contributed by atoms with van der Waals surface area (Å²) in [6, 6.07) is 26.4. The number of fused-ring (bicyclic) bond motifs is 2. The van der Waals surface area contributed by atoms with Crippen LogP contribution in [0.15, 0.2) is 110 Å². The minimum Gasteiger partial charge on any atom is -0.493 e. The van der Waals surface area contributed by atoms with Gasteiger partial charge in [0.15, 0.2) is 17.3 Å². The van der Waals surface area contributed by atoms with E-state index >= 15 is 0 Å². The Balaban J connectivity index is 1.44. The number of hydrogen-bond donors (Lipinski definition) is 1. The molecule has 0 atom stereocenters. The molecule has 0 fully saturated rings. The van der Waals surface area contributed by atoms with Crippen LogP contribution in [0.1, 0.15) is 21.5 Å². The van der Waals surface area contributed by atoms with Crippen molar-refractivity contribution >= 4 is 50.0 Å². The summed E-state index contributed by atoms with van der Waals surface area (Å²) >= 11 is 3.50. The molecule has 0 radical (unpaired) electrons. The Morgan fingerprint density at radius 1 is 1.05 bits per heavy atom. The number of furan rings is 1. The molecule has 208 valence electrons. The maximum Gasteiger partial charge on any atom is 0.335 e. The number of aromatic nitrogens is 2. The molecule has 6 aromatic rings. The van der Waals surface area contributed by atoms with Crippen LogP contribution in [0.25, 0.3) is 33.5 Å². The van der Waals surface area contributed by atoms with Gasteiger partial charge in [-0.1, -0.05) is 58.4 Å². The van der Waals surface area contributed by atoms with Crippen LogP contribution < -0.4 is 15.0 Å². The van der Waals surface area contributed by atoms with Crippen LogP contribution in [0.5, 0.6) is 11.5 Å². The standard InChI is InChI=1S/C32H22BrN3O6/c1-40-27-16-23(33)14-22(29(27)41-18-19-10-12-20(13-11-19)32(38)39)17-34-36-30(28-15-21-6-2-5-9-26(21)42-28)35-25-8-4-3-7-24(25)31(36)37/h2-17H,18H2,1H3,(H,38,39). The fourth-order valence-electron chi connectivity index (χ4n) is 4.49. The molecule has 6 rings (SSSR count). The summed E-state index contributed by atoms with van der Waals surface area (Å²) in [5.74, 6) is 0.461. The van der Waals surface area contributed by atoms with Crippen molar-refractivity contribution < 1.29 is 23.8 Å². The van der Waals surface area contributed by atoms with Gasteiger partial charge in [-0.2, -0.15) is 9.78 Å². The van der Waals surface area contributed by atoms with E-state index < -0.39 is 5.97 Å². The highest BCUT2D eigenvalue weighted by atomic mass is 79.9. The Labute approximate surface area is 247 Å². The van der Waals surface area contributed by atoms with Gasteiger partial charge in [-0.3, -0.25) is 4.79 Å². The normalized spacial score (nSPS) is 11.4. The van der Waals surface area contributed by atoms with Crippen LogP contribution in [0.2, 0.25) is 0 Å². The Morgan fingerprint density at radius 2 is 1.81 bits per heavy atom. The fraction of sp³-hybridized carbons (Fsp3) is 0.0625. The zero-order valence-corrected chi connectivity index (χ0v) is 23.7. The number of methoxy groups -OCH3 is 1. The second-order valence-corrected chi connectivity index (χ2v) is 10.2. The van der Waals surface area contributed by atoms with E-state index in [0.717, 1.165) is 10.9 Å². The Hall–Kier alpha value is -5.22. The summed E-state index contributed by atoms with van der Waals surface area (Å²) in [5.41, 5.74) is 2.28. The number of para-hydroxylation sites is 2. The number of carbonyl (C=O) groups is 1. The van der Waals surface area contributed by atoms with Gasteiger partial charge in [0.2, 0.25) is 5.82 Å². The van der Waals surface area contributed by atoms with Crippen molar-refractivity contribution in [1.82, 2.24) is 9.66 Å². The number of carboxylic acids is 1. The van der Waals surface area contributed by atoms with E-state index in [0.29, 0.717) is 43.8 Å². The molecule has 4 aromatic carbocycles. The lowest BCUT2D eigenvalue weighted by Crippen LogP contribution is -2.20. The molecule has 0 amide bonds. The van der Waals surface area contributed by atoms with Crippen LogP contribution in [0.4, 0.5) is 0 Å². The molecule has 1 N–H and O–H groups in total. The van der Waals surface area contributed by atoms with Crippen LogP contribution in [0.3, 0.4) is 0 Å². The largest absolute Gasteiger partial charge is 0.493 e. The third kappa shape index (κ3) is 5.27. The van der Waals surface area contributed by atoms with E-state index in [1.807, 2.05) is 36.4 Å². The SMILES string of the molecule is COc1cc(Br)cc(C=Nn2c(-c3cc4ccccc4o3)nc3ccccc3c2=O)c1OCc1ccc(C(=O)O)cc1. The molecule has 42 heavy (non-hydrogen) atoms. The molecule has 2 heterocycles. The summed E-state index contributed by atoms with van der Waals surface area (Å²) in [7, 11) is 1.52. The van der Waals surface area contributed by atoms with Gasteiger partial charge in [-0.05, 0) is 54.1 Å². The van der Waals surface area contributed by atoms with E-state index in [1.54, 1.807) is 42.5 Å². The quantitative estimate of drug-likeness (QED) is 0.187. The Bertz CT molecular complexity index is 2010. The van der Waals surface area contributed by atoms with E-state index in [2.05, 4.69) is 21.0 Å². The smallest absolute Gasteiger partial charge is 0.335 e. The number of aromatic carboxylic acids is 1. The molecule has 0 bridgehead atoms. The first-order valence-electron chi connectivity index (χ1n) is 12.8. The number of halogens is 1. The number of nitrogens with zero attached hydrogens (tertiary/aromatic N) is 3. The second-order valence-electron chi connectivity index (χ2n) is 9.28. The second kappa shape index (κ2) is 11.3. The molecule has 0 spiro atoms. The molecule has 0 aliphatic rings. The first kappa shape index (κ1) is 27.0. The summed E-state index contributed by atoms with van der Waals surface area (Å²) in [6.45, 7) is 0.139. The molecule has 10 heteroatoms. The monoisotopic (exact) mass is 623 g/mol. The number of benzene rings is 4. The van der Waals surface area contributed by atoms with Gasteiger partial charge in [-0.15, -0.1) is 0 Å². The van der Waals surface area contributed by atoms with Gasteiger partial charge >= 0.3 is 5.97 Å². The summed E-state index contributed by atoms with van der Waals surface area (Å²) < 4.78 is 19.7. The Kier molecular flexibility index (Phi) is 7.28. The average Bonchev–Trinajstić information content (AvgIpc) is 3.44. The first-order chi connectivity index (χ1) is 20.4. The highest BCUT2D eigenvalue weighted by Gasteiger charge is 2.18. The zero-order valence-electron chi connectivity index (χ0n) is 22.2. The predicted octanol–water partition coefficient (Wildman–Crippen LogP) is 6.74. The van der Waals surface area contributed by atoms with Crippen molar-refractivity contribution in [3.8, 4) is 23.1 Å². The molecular weight excluding hydrogens is 602 g/mol. The van der Waals surface area contributed by atoms with Gasteiger partial charge in [-0.25, -0.2) is 9.78 Å². The lowest BCUT2D eigenvalue weighted by molar-refractivity contribution is 0.0697. The van der Waals surface area contributed by atoms with Crippen molar-refractivity contribution in [3.05, 3.63) is 123 Å². The molecule has 0 saturated carbocycles. The van der Waals surface area contributed by atoms with Gasteiger partial charge in [0, 0.05) is 15.4 Å². The average molecular weight is 624 g/mol. The maximum absolute atomic E-state index is 13.7. The molecule has 9 nitrogen and oxygen atoms in total. The van der Waals surface area contributed by atoms with Gasteiger partial charge in [0.25, 0.3) is 5.56 Å². The summed E-state index contributed by atoms with van der Waals surface area (Å²) in [4.78, 5) is 29.6. The summed E-state index contributed by atoms with van der Waals surface area (Å²) in [5, 5.41) is 15.0. The third-order valence-electron chi connectivity index (χ3n) is 6.56. The third-order valence-corrected chi connectivity index (χ3v) is 7.02. The topological polar surface area (TPSA) is 116 Å². The lowest BCUT2D eigenvalue weighted by atomic mass is 10.1. The molecule has 0 aliphatic heterocycles. The zero-order chi connectivity index (χ0) is 29.2. The van der Waals surface area contributed by atoms with E-state index in [1.165, 1.54) is 30.1 Å². The number of hydrogen-bond acceptors (Lipinski definition) is 7. The van der Waals surface area contributed by atoms with Crippen LogP contribution >= 0.6 is 15.9 Å². The fourth-order valence-corrected chi connectivity index (χ4v) is 4.95. The van der Waals surface area contributed by atoms with Crippen molar-refractivity contribution in [2.45, 2.75) is 6.61 Å². The number of rotatable bonds is 8. The highest BCUT2D eigenvalue weighted by Crippen LogP contribution is 2.35. The van der Waals surface area contributed by atoms with Gasteiger partial charge in [0.05, 0.1) is 29.8 Å². The lowest BCUT2D eigenvalue weighted by Gasteiger charge is -2.14. The van der Waals surface area contributed by atoms with Crippen LogP contribution in [0, 0.1) is 0 Å². The first-order valence-corrected chi connectivity index (χ1v) is 13.6. The number of carboxylic acid groups (broad SMARTS) is 1. The minimum atomic E-state index is -1.00. The van der Waals surface area contributed by atoms with Crippen molar-refractivity contribution in [2.75, 3.05) is 7.11 Å². The van der Waals surface area contributed by atoms with Crippen LogP contribution in [-0.2, 0) is 6.61 Å². The van der Waals surface area contributed by atoms with Crippen molar-refractivity contribution in [3.63, 3.8) is 0 Å². The minimum absolute atomic E-state index is 0.139. The van der Waals surface area contributed by atoms with Crippen LogP contribution in [-0.4, -0.2) is 34.1 Å². The van der Waals surface area contributed by atoms with Crippen molar-refractivity contribution in [1.29, 1.82) is 0 Å². The van der Waals surface area contributed by atoms with Gasteiger partial charge < -0.3 is 19.0 Å². The van der Waals surface area contributed by atoms with E-state index in [-0.39, 0.29) is 23.6 Å². The number of ether oxygens (including phenoxy) is 2. The predicted molar refractivity (Wildman–Crippen MR) is 163 cm³/mol. The van der Waals surface area contributed by atoms with E-state index in [4.69, 9.17) is 18.9 Å². The summed E-state index contributed by atoms with van der Waals surface area (Å²) in [6.07, 6.45) is 1.50. The molecule has 0 unspecified atom stereocenters. The van der Waals surface area contributed by atoms with Gasteiger partial charge in [0.1, 0.15) is 12.2 Å². The highest BCUT2D eigenvalue weighted by molar-refractivity contribution is 9.10. The Morgan fingerprint density at radius 3 is 2.57 bits per heavy atom. The van der Waals surface area contributed by atoms with Crippen molar-refractivity contribution in [2.24, 2.45) is 5.10 Å². The maximum atomic E-state index is 13.7. The molecule has 0 saturated heterocycles. The molecule has 2 aromatic heterocycles. The molecule has 0 aliphatic carbocycles. The molecular formula is C32H22BrN3O6.